The van der Waals surface area contributed by atoms with Crippen molar-refractivity contribution in [2.45, 2.75) is 38.8 Å². The van der Waals surface area contributed by atoms with Gasteiger partial charge in [0, 0.05) is 45.2 Å². The Morgan fingerprint density at radius 2 is 1.51 bits per heavy atom. The van der Waals surface area contributed by atoms with Crippen LogP contribution in [0, 0.1) is 0 Å². The zero-order valence-corrected chi connectivity index (χ0v) is 26.5. The molecule has 220 valence electrons. The summed E-state index contributed by atoms with van der Waals surface area (Å²) < 4.78 is 26.7. The van der Waals surface area contributed by atoms with Crippen LogP contribution in [0.2, 0.25) is 20.1 Å². The molecule has 0 aliphatic rings. The van der Waals surface area contributed by atoms with Crippen molar-refractivity contribution in [3.05, 3.63) is 97.9 Å². The number of sulfonamides is 1. The summed E-state index contributed by atoms with van der Waals surface area (Å²) >= 11 is 25.2. The van der Waals surface area contributed by atoms with Crippen LogP contribution in [-0.2, 0) is 32.6 Å². The van der Waals surface area contributed by atoms with E-state index in [0.29, 0.717) is 22.2 Å². The molecule has 3 aromatic carbocycles. The van der Waals surface area contributed by atoms with E-state index >= 15 is 0 Å². The number of amides is 2. The van der Waals surface area contributed by atoms with E-state index in [1.165, 1.54) is 23.1 Å². The molecule has 0 aliphatic carbocycles. The third-order valence-electron chi connectivity index (χ3n) is 6.31. The van der Waals surface area contributed by atoms with E-state index in [0.717, 1.165) is 29.0 Å². The minimum atomic E-state index is -3.98. The second-order valence-electron chi connectivity index (χ2n) is 9.47. The second kappa shape index (κ2) is 15.1. The van der Waals surface area contributed by atoms with E-state index in [2.05, 4.69) is 5.32 Å². The fraction of sp³-hybridized carbons (Fsp3) is 0.310. The molecule has 3 rings (SSSR count). The maximum absolute atomic E-state index is 14.1. The fourth-order valence-corrected chi connectivity index (χ4v) is 6.08. The molecule has 0 aliphatic heterocycles. The molecule has 3 aromatic rings. The minimum Gasteiger partial charge on any atom is -0.354 e. The van der Waals surface area contributed by atoms with E-state index in [1.807, 2.05) is 37.3 Å². The van der Waals surface area contributed by atoms with E-state index in [9.17, 15) is 18.0 Å². The van der Waals surface area contributed by atoms with Gasteiger partial charge in [-0.1, -0.05) is 96.1 Å². The van der Waals surface area contributed by atoms with Gasteiger partial charge in [0.15, 0.2) is 0 Å². The first-order chi connectivity index (χ1) is 19.4. The highest BCUT2D eigenvalue weighted by Crippen LogP contribution is 2.29. The highest BCUT2D eigenvalue weighted by molar-refractivity contribution is 7.92. The summed E-state index contributed by atoms with van der Waals surface area (Å²) in [6, 6.07) is 17.4. The number of benzene rings is 3. The Balaban J connectivity index is 2.10. The van der Waals surface area contributed by atoms with E-state index < -0.39 is 28.5 Å². The van der Waals surface area contributed by atoms with Gasteiger partial charge in [-0.3, -0.25) is 13.9 Å². The standard InChI is InChI=1S/C29H31Cl4N3O4S/c1-3-4-13-34-29(38)27(14-20-9-6-5-7-10-20)35(18-24-25(32)11-8-12-26(24)33)28(37)19-36(41(2,39)40)23-16-21(30)15-22(31)17-23/h5-12,15-17,27H,3-4,13-14,18-19H2,1-2H3,(H,34,38)/t27-/m0/s1. The molecule has 41 heavy (non-hydrogen) atoms. The van der Waals surface area contributed by atoms with Crippen LogP contribution in [0.3, 0.4) is 0 Å². The number of carbonyl (C=O) groups excluding carboxylic acids is 2. The van der Waals surface area contributed by atoms with Crippen molar-refractivity contribution in [3.63, 3.8) is 0 Å². The number of hydrogen-bond donors (Lipinski definition) is 1. The van der Waals surface area contributed by atoms with Gasteiger partial charge in [0.1, 0.15) is 12.6 Å². The first kappa shape index (κ1) is 33.0. The van der Waals surface area contributed by atoms with Gasteiger partial charge in [-0.2, -0.15) is 0 Å². The van der Waals surface area contributed by atoms with Crippen molar-refractivity contribution in [1.82, 2.24) is 10.2 Å². The van der Waals surface area contributed by atoms with Crippen molar-refractivity contribution < 1.29 is 18.0 Å². The highest BCUT2D eigenvalue weighted by Gasteiger charge is 2.33. The van der Waals surface area contributed by atoms with Gasteiger partial charge in [-0.25, -0.2) is 8.42 Å². The molecule has 12 heteroatoms. The molecule has 0 aromatic heterocycles. The lowest BCUT2D eigenvalue weighted by Gasteiger charge is -2.34. The zero-order valence-electron chi connectivity index (χ0n) is 22.6. The van der Waals surface area contributed by atoms with Crippen molar-refractivity contribution in [2.24, 2.45) is 0 Å². The van der Waals surface area contributed by atoms with Crippen LogP contribution in [0.5, 0.6) is 0 Å². The monoisotopic (exact) mass is 657 g/mol. The summed E-state index contributed by atoms with van der Waals surface area (Å²) in [4.78, 5) is 29.1. The lowest BCUT2D eigenvalue weighted by Crippen LogP contribution is -2.53. The van der Waals surface area contributed by atoms with Crippen LogP contribution in [0.25, 0.3) is 0 Å². The fourth-order valence-electron chi connectivity index (χ4n) is 4.21. The van der Waals surface area contributed by atoms with Gasteiger partial charge in [-0.15, -0.1) is 0 Å². The van der Waals surface area contributed by atoms with Gasteiger partial charge in [0.2, 0.25) is 21.8 Å². The Hall–Kier alpha value is -2.49. The first-order valence-electron chi connectivity index (χ1n) is 12.9. The average Bonchev–Trinajstić information content (AvgIpc) is 2.90. The van der Waals surface area contributed by atoms with Gasteiger partial charge in [0.25, 0.3) is 0 Å². The largest absolute Gasteiger partial charge is 0.354 e. The SMILES string of the molecule is CCCCNC(=O)[C@H](Cc1ccccc1)N(Cc1c(Cl)cccc1Cl)C(=O)CN(c1cc(Cl)cc(Cl)c1)S(C)(=O)=O. The first-order valence-corrected chi connectivity index (χ1v) is 16.2. The molecular formula is C29H31Cl4N3O4S. The van der Waals surface area contributed by atoms with Gasteiger partial charge < -0.3 is 10.2 Å². The van der Waals surface area contributed by atoms with Gasteiger partial charge >= 0.3 is 0 Å². The summed E-state index contributed by atoms with van der Waals surface area (Å²) in [5.74, 6) is -1.02. The molecule has 0 spiro atoms. The number of nitrogens with zero attached hydrogens (tertiary/aromatic N) is 2. The second-order valence-corrected chi connectivity index (χ2v) is 13.1. The molecule has 0 fully saturated rings. The Labute approximate surface area is 261 Å². The predicted molar refractivity (Wildman–Crippen MR) is 168 cm³/mol. The molecule has 7 nitrogen and oxygen atoms in total. The third kappa shape index (κ3) is 9.51. The molecule has 1 atom stereocenters. The molecule has 2 amide bonds. The smallest absolute Gasteiger partial charge is 0.244 e. The van der Waals surface area contributed by atoms with E-state index in [1.54, 1.807) is 18.2 Å². The van der Waals surface area contributed by atoms with Crippen molar-refractivity contribution in [2.75, 3.05) is 23.7 Å². The van der Waals surface area contributed by atoms with Gasteiger partial charge in [0.05, 0.1) is 11.9 Å². The topological polar surface area (TPSA) is 86.8 Å². The Morgan fingerprint density at radius 3 is 2.07 bits per heavy atom. The summed E-state index contributed by atoms with van der Waals surface area (Å²) in [6.45, 7) is 1.67. The van der Waals surface area contributed by atoms with Crippen molar-refractivity contribution >= 4 is 73.9 Å². The van der Waals surface area contributed by atoms with E-state index in [4.69, 9.17) is 46.4 Å². The molecular weight excluding hydrogens is 628 g/mol. The number of halogens is 4. The summed E-state index contributed by atoms with van der Waals surface area (Å²) in [5.41, 5.74) is 1.36. The third-order valence-corrected chi connectivity index (χ3v) is 8.59. The zero-order chi connectivity index (χ0) is 30.2. The average molecular weight is 659 g/mol. The Kier molecular flexibility index (Phi) is 12.2. The maximum Gasteiger partial charge on any atom is 0.244 e. The van der Waals surface area contributed by atoms with Gasteiger partial charge in [-0.05, 0) is 42.3 Å². The molecule has 1 N–H and O–H groups in total. The quantitative estimate of drug-likeness (QED) is 0.209. The lowest BCUT2D eigenvalue weighted by atomic mass is 10.0. The maximum atomic E-state index is 14.1. The minimum absolute atomic E-state index is 0.112. The Bertz CT molecular complexity index is 1430. The van der Waals surface area contributed by atoms with Crippen LogP contribution in [0.1, 0.15) is 30.9 Å². The lowest BCUT2D eigenvalue weighted by molar-refractivity contribution is -0.140. The number of rotatable bonds is 13. The van der Waals surface area contributed by atoms with E-state index in [-0.39, 0.29) is 34.6 Å². The molecule has 0 unspecified atom stereocenters. The normalized spacial score (nSPS) is 12.0. The number of carbonyl (C=O) groups is 2. The number of unbranched alkanes of at least 4 members (excludes halogenated alkanes) is 1. The van der Waals surface area contributed by atoms with Crippen LogP contribution in [-0.4, -0.2) is 50.5 Å². The number of anilines is 1. The van der Waals surface area contributed by atoms with Crippen molar-refractivity contribution in [1.29, 1.82) is 0 Å². The highest BCUT2D eigenvalue weighted by atomic mass is 35.5. The molecule has 0 heterocycles. The van der Waals surface area contributed by atoms with Crippen molar-refractivity contribution in [3.8, 4) is 0 Å². The molecule has 0 bridgehead atoms. The van der Waals surface area contributed by atoms with Crippen LogP contribution >= 0.6 is 46.4 Å². The molecule has 0 saturated carbocycles. The van der Waals surface area contributed by atoms with Crippen LogP contribution < -0.4 is 9.62 Å². The summed E-state index contributed by atoms with van der Waals surface area (Å²) in [5, 5.41) is 3.93. The molecule has 0 radical (unpaired) electrons. The number of nitrogens with one attached hydrogen (secondary N) is 1. The molecule has 0 saturated heterocycles. The summed E-state index contributed by atoms with van der Waals surface area (Å²) in [6.07, 6.45) is 2.77. The van der Waals surface area contributed by atoms with Crippen LogP contribution in [0.4, 0.5) is 5.69 Å². The Morgan fingerprint density at radius 1 is 0.902 bits per heavy atom. The summed E-state index contributed by atoms with van der Waals surface area (Å²) in [7, 11) is -3.98. The number of hydrogen-bond acceptors (Lipinski definition) is 4. The van der Waals surface area contributed by atoms with Crippen LogP contribution in [0.15, 0.2) is 66.7 Å². The predicted octanol–water partition coefficient (Wildman–Crippen LogP) is 6.62.